The molecule has 4 N–H and O–H groups in total. The zero-order valence-corrected chi connectivity index (χ0v) is 11.0. The van der Waals surface area contributed by atoms with Crippen molar-refractivity contribution in [2.24, 2.45) is 7.05 Å². The van der Waals surface area contributed by atoms with Crippen LogP contribution in [-0.4, -0.2) is 27.5 Å². The number of amides is 3. The molecule has 0 atom stereocenters. The van der Waals surface area contributed by atoms with E-state index in [2.05, 4.69) is 15.7 Å². The van der Waals surface area contributed by atoms with Gasteiger partial charge in [-0.3, -0.25) is 24.4 Å². The van der Waals surface area contributed by atoms with Crippen molar-refractivity contribution in [3.63, 3.8) is 0 Å². The molecule has 0 saturated carbocycles. The van der Waals surface area contributed by atoms with Gasteiger partial charge in [0.2, 0.25) is 0 Å². The fourth-order valence-electron chi connectivity index (χ4n) is 2.12. The summed E-state index contributed by atoms with van der Waals surface area (Å²) in [5.74, 6) is -1.41. The van der Waals surface area contributed by atoms with Crippen LogP contribution < -0.4 is 16.4 Å². The Morgan fingerprint density at radius 3 is 2.67 bits per heavy atom. The van der Waals surface area contributed by atoms with E-state index < -0.39 is 17.7 Å². The molecule has 2 heterocycles. The summed E-state index contributed by atoms with van der Waals surface area (Å²) >= 11 is 0. The average molecular weight is 285 g/mol. The standard InChI is InChI=1S/C13H11N5O3/c1-18-5-9(14)10(17-18)13(21)15-6-2-3-7-8(4-6)12(20)16-11(7)19/h2-5H,14H2,1H3,(H,15,21)(H,16,19,20). The number of nitrogen functional groups attached to an aromatic ring is 1. The van der Waals surface area contributed by atoms with E-state index in [9.17, 15) is 14.4 Å². The molecule has 8 nitrogen and oxygen atoms in total. The van der Waals surface area contributed by atoms with Crippen molar-refractivity contribution in [2.45, 2.75) is 0 Å². The van der Waals surface area contributed by atoms with Crippen molar-refractivity contribution in [3.8, 4) is 0 Å². The lowest BCUT2D eigenvalue weighted by molar-refractivity contribution is 0.0878. The van der Waals surface area contributed by atoms with E-state index >= 15 is 0 Å². The number of nitrogens with zero attached hydrogens (tertiary/aromatic N) is 2. The van der Waals surface area contributed by atoms with E-state index in [1.807, 2.05) is 0 Å². The Hall–Kier alpha value is -3.16. The lowest BCUT2D eigenvalue weighted by Gasteiger charge is -2.05. The molecule has 1 aliphatic rings. The fraction of sp³-hybridized carbons (Fsp3) is 0.0769. The van der Waals surface area contributed by atoms with Gasteiger partial charge < -0.3 is 11.1 Å². The Morgan fingerprint density at radius 2 is 2.00 bits per heavy atom. The third-order valence-corrected chi connectivity index (χ3v) is 3.07. The molecule has 21 heavy (non-hydrogen) atoms. The first kappa shape index (κ1) is 12.9. The van der Waals surface area contributed by atoms with Gasteiger partial charge in [-0.15, -0.1) is 0 Å². The Balaban J connectivity index is 1.88. The van der Waals surface area contributed by atoms with Gasteiger partial charge in [-0.2, -0.15) is 5.10 Å². The topological polar surface area (TPSA) is 119 Å². The first-order valence-electron chi connectivity index (χ1n) is 6.06. The first-order chi connectivity index (χ1) is 9.95. The Kier molecular flexibility index (Phi) is 2.72. The van der Waals surface area contributed by atoms with E-state index in [0.717, 1.165) is 0 Å². The molecule has 3 amide bonds. The molecule has 0 bridgehead atoms. The fourth-order valence-corrected chi connectivity index (χ4v) is 2.12. The van der Waals surface area contributed by atoms with Gasteiger partial charge in [-0.05, 0) is 18.2 Å². The van der Waals surface area contributed by atoms with Crippen molar-refractivity contribution in [3.05, 3.63) is 41.2 Å². The van der Waals surface area contributed by atoms with Crippen LogP contribution in [0.25, 0.3) is 0 Å². The molecule has 0 spiro atoms. The molecular weight excluding hydrogens is 274 g/mol. The van der Waals surface area contributed by atoms with Gasteiger partial charge in [0.05, 0.1) is 16.8 Å². The zero-order chi connectivity index (χ0) is 15.1. The number of hydrogen-bond acceptors (Lipinski definition) is 5. The summed E-state index contributed by atoms with van der Waals surface area (Å²) in [6, 6.07) is 4.45. The predicted molar refractivity (Wildman–Crippen MR) is 73.8 cm³/mol. The van der Waals surface area contributed by atoms with Gasteiger partial charge in [-0.25, -0.2) is 0 Å². The van der Waals surface area contributed by atoms with E-state index in [1.165, 1.54) is 29.1 Å². The van der Waals surface area contributed by atoms with E-state index in [-0.39, 0.29) is 22.5 Å². The van der Waals surface area contributed by atoms with Crippen LogP contribution in [0.3, 0.4) is 0 Å². The Labute approximate surface area is 118 Å². The van der Waals surface area contributed by atoms with Crippen molar-refractivity contribution in [2.75, 3.05) is 11.1 Å². The molecule has 0 unspecified atom stereocenters. The van der Waals surface area contributed by atoms with Gasteiger partial charge in [-0.1, -0.05) is 0 Å². The molecule has 1 aromatic carbocycles. The molecule has 8 heteroatoms. The third kappa shape index (κ3) is 2.12. The maximum atomic E-state index is 12.1. The van der Waals surface area contributed by atoms with Gasteiger partial charge >= 0.3 is 0 Å². The number of aromatic nitrogens is 2. The number of carbonyl (C=O) groups excluding carboxylic acids is 3. The van der Waals surface area contributed by atoms with Crippen LogP contribution in [0.2, 0.25) is 0 Å². The highest BCUT2D eigenvalue weighted by atomic mass is 16.2. The van der Waals surface area contributed by atoms with E-state index in [1.54, 1.807) is 7.05 Å². The van der Waals surface area contributed by atoms with Crippen molar-refractivity contribution >= 4 is 29.1 Å². The number of benzene rings is 1. The Bertz CT molecular complexity index is 793. The minimum Gasteiger partial charge on any atom is -0.396 e. The maximum absolute atomic E-state index is 12.1. The molecular formula is C13H11N5O3. The van der Waals surface area contributed by atoms with Gasteiger partial charge in [0.25, 0.3) is 17.7 Å². The summed E-state index contributed by atoms with van der Waals surface area (Å²) in [6.45, 7) is 0. The molecule has 1 aromatic heterocycles. The number of aryl methyl sites for hydroxylation is 1. The van der Waals surface area contributed by atoms with Crippen LogP contribution in [0.4, 0.5) is 11.4 Å². The number of nitrogens with two attached hydrogens (primary N) is 1. The molecule has 0 radical (unpaired) electrons. The first-order valence-corrected chi connectivity index (χ1v) is 6.06. The molecule has 106 valence electrons. The molecule has 1 aliphatic heterocycles. The number of anilines is 2. The second-order valence-corrected chi connectivity index (χ2v) is 4.60. The third-order valence-electron chi connectivity index (χ3n) is 3.07. The highest BCUT2D eigenvalue weighted by Gasteiger charge is 2.27. The van der Waals surface area contributed by atoms with Crippen molar-refractivity contribution < 1.29 is 14.4 Å². The van der Waals surface area contributed by atoms with Crippen molar-refractivity contribution in [1.29, 1.82) is 0 Å². The van der Waals surface area contributed by atoms with Crippen molar-refractivity contribution in [1.82, 2.24) is 15.1 Å². The summed E-state index contributed by atoms with van der Waals surface area (Å²) in [7, 11) is 1.65. The Morgan fingerprint density at radius 1 is 1.29 bits per heavy atom. The lowest BCUT2D eigenvalue weighted by atomic mass is 10.1. The van der Waals surface area contributed by atoms with Gasteiger partial charge in [0, 0.05) is 18.9 Å². The van der Waals surface area contributed by atoms with Crippen LogP contribution in [-0.2, 0) is 7.05 Å². The number of fused-ring (bicyclic) bond motifs is 1. The van der Waals surface area contributed by atoms with Gasteiger partial charge in [0.15, 0.2) is 5.69 Å². The molecule has 0 saturated heterocycles. The lowest BCUT2D eigenvalue weighted by Crippen LogP contribution is -2.19. The summed E-state index contributed by atoms with van der Waals surface area (Å²) < 4.78 is 1.43. The normalized spacial score (nSPS) is 13.0. The highest BCUT2D eigenvalue weighted by molar-refractivity contribution is 6.22. The predicted octanol–water partition coefficient (Wildman–Crippen LogP) is 0.138. The highest BCUT2D eigenvalue weighted by Crippen LogP contribution is 2.21. The zero-order valence-electron chi connectivity index (χ0n) is 11.0. The number of hydrogen-bond donors (Lipinski definition) is 3. The number of imide groups is 1. The van der Waals surface area contributed by atoms with Crippen LogP contribution in [0.5, 0.6) is 0 Å². The number of rotatable bonds is 2. The molecule has 2 aromatic rings. The van der Waals surface area contributed by atoms with Gasteiger partial charge in [0.1, 0.15) is 0 Å². The largest absolute Gasteiger partial charge is 0.396 e. The number of nitrogens with one attached hydrogen (secondary N) is 2. The summed E-state index contributed by atoms with van der Waals surface area (Å²) in [4.78, 5) is 35.1. The maximum Gasteiger partial charge on any atom is 0.278 e. The summed E-state index contributed by atoms with van der Waals surface area (Å²) in [6.07, 6.45) is 1.52. The second-order valence-electron chi connectivity index (χ2n) is 4.60. The quantitative estimate of drug-likeness (QED) is 0.678. The summed E-state index contributed by atoms with van der Waals surface area (Å²) in [5.41, 5.74) is 6.92. The van der Waals surface area contributed by atoms with Crippen LogP contribution in [0.15, 0.2) is 24.4 Å². The molecule has 3 rings (SSSR count). The van der Waals surface area contributed by atoms with Crippen LogP contribution in [0.1, 0.15) is 31.2 Å². The average Bonchev–Trinajstić information content (AvgIpc) is 2.90. The smallest absolute Gasteiger partial charge is 0.278 e. The van der Waals surface area contributed by atoms with Crippen LogP contribution in [0, 0.1) is 0 Å². The minimum atomic E-state index is -0.488. The van der Waals surface area contributed by atoms with E-state index in [0.29, 0.717) is 5.69 Å². The van der Waals surface area contributed by atoms with Crippen LogP contribution >= 0.6 is 0 Å². The second kappa shape index (κ2) is 4.44. The van der Waals surface area contributed by atoms with E-state index in [4.69, 9.17) is 5.73 Å². The summed E-state index contributed by atoms with van der Waals surface area (Å²) in [5, 5.41) is 8.72. The minimum absolute atomic E-state index is 0.0959. The molecule has 0 aliphatic carbocycles. The molecule has 0 fully saturated rings. The monoisotopic (exact) mass is 285 g/mol. The number of carbonyl (C=O) groups is 3. The SMILES string of the molecule is Cn1cc(N)c(C(=O)Nc2ccc3c(c2)C(=O)NC3=O)n1.